The summed E-state index contributed by atoms with van der Waals surface area (Å²) in [5.41, 5.74) is 3.78. The lowest BCUT2D eigenvalue weighted by Crippen LogP contribution is -2.12. The largest absolute Gasteiger partial charge is 0.489 e. The van der Waals surface area contributed by atoms with Gasteiger partial charge in [0, 0.05) is 12.1 Å². The Kier molecular flexibility index (Phi) is 5.63. The van der Waals surface area contributed by atoms with Crippen molar-refractivity contribution in [3.05, 3.63) is 65.2 Å². The number of ether oxygens (including phenoxy) is 1. The van der Waals surface area contributed by atoms with Gasteiger partial charge in [-0.05, 0) is 30.2 Å². The third kappa shape index (κ3) is 4.10. The molecule has 0 fully saturated rings. The van der Waals surface area contributed by atoms with Crippen molar-refractivity contribution in [3.8, 4) is 5.75 Å². The van der Waals surface area contributed by atoms with Gasteiger partial charge in [0.2, 0.25) is 0 Å². The van der Waals surface area contributed by atoms with Crippen LogP contribution in [-0.2, 0) is 19.6 Å². The Morgan fingerprint density at radius 3 is 2.30 bits per heavy atom. The molecule has 2 nitrogen and oxygen atoms in total. The van der Waals surface area contributed by atoms with Gasteiger partial charge < -0.3 is 10.1 Å². The first-order chi connectivity index (χ1) is 9.83. The molecular weight excluding hydrogens is 246 g/mol. The Morgan fingerprint density at radius 2 is 1.60 bits per heavy atom. The van der Waals surface area contributed by atoms with Gasteiger partial charge in [-0.3, -0.25) is 0 Å². The zero-order chi connectivity index (χ0) is 14.2. The summed E-state index contributed by atoms with van der Waals surface area (Å²) in [6, 6.07) is 16.8. The van der Waals surface area contributed by atoms with Gasteiger partial charge in [0.1, 0.15) is 12.4 Å². The van der Waals surface area contributed by atoms with Gasteiger partial charge in [0.25, 0.3) is 0 Å². The van der Waals surface area contributed by atoms with Crippen molar-refractivity contribution in [2.24, 2.45) is 0 Å². The highest BCUT2D eigenvalue weighted by molar-refractivity contribution is 5.33. The number of hydrogen-bond acceptors (Lipinski definition) is 2. The van der Waals surface area contributed by atoms with Crippen molar-refractivity contribution >= 4 is 0 Å². The standard InChI is InChI=1S/C18H23NO/c1-3-15-9-11-16(12-10-15)14-20-18-8-6-5-7-17(18)13-19-4-2/h5-12,19H,3-4,13-14H2,1-2H3. The van der Waals surface area contributed by atoms with Gasteiger partial charge in [-0.15, -0.1) is 0 Å². The van der Waals surface area contributed by atoms with Crippen LogP contribution in [0.4, 0.5) is 0 Å². The first-order valence-electron chi connectivity index (χ1n) is 7.32. The van der Waals surface area contributed by atoms with E-state index in [1.807, 2.05) is 12.1 Å². The van der Waals surface area contributed by atoms with E-state index in [1.54, 1.807) is 0 Å². The van der Waals surface area contributed by atoms with Crippen LogP contribution in [0.5, 0.6) is 5.75 Å². The van der Waals surface area contributed by atoms with Crippen LogP contribution in [0.3, 0.4) is 0 Å². The molecule has 2 heteroatoms. The van der Waals surface area contributed by atoms with Crippen LogP contribution in [0.1, 0.15) is 30.5 Å². The summed E-state index contributed by atoms with van der Waals surface area (Å²) < 4.78 is 5.95. The van der Waals surface area contributed by atoms with Crippen LogP contribution in [0.2, 0.25) is 0 Å². The maximum absolute atomic E-state index is 5.95. The Hall–Kier alpha value is -1.80. The summed E-state index contributed by atoms with van der Waals surface area (Å²) >= 11 is 0. The molecule has 0 heterocycles. The highest BCUT2D eigenvalue weighted by Gasteiger charge is 2.02. The fourth-order valence-electron chi connectivity index (χ4n) is 2.08. The van der Waals surface area contributed by atoms with Crippen LogP contribution >= 0.6 is 0 Å². The van der Waals surface area contributed by atoms with E-state index in [0.717, 1.165) is 25.3 Å². The molecule has 2 aromatic carbocycles. The molecule has 0 aliphatic heterocycles. The van der Waals surface area contributed by atoms with Gasteiger partial charge in [-0.1, -0.05) is 56.3 Å². The molecule has 0 bridgehead atoms. The Labute approximate surface area is 121 Å². The Balaban J connectivity index is 1.98. The lowest BCUT2D eigenvalue weighted by Gasteiger charge is -2.12. The fraction of sp³-hybridized carbons (Fsp3) is 0.333. The highest BCUT2D eigenvalue weighted by Crippen LogP contribution is 2.19. The lowest BCUT2D eigenvalue weighted by molar-refractivity contribution is 0.302. The predicted molar refractivity (Wildman–Crippen MR) is 84.0 cm³/mol. The van der Waals surface area contributed by atoms with E-state index in [2.05, 4.69) is 55.6 Å². The molecule has 106 valence electrons. The molecule has 0 aliphatic carbocycles. The minimum Gasteiger partial charge on any atom is -0.489 e. The molecule has 2 rings (SSSR count). The Morgan fingerprint density at radius 1 is 0.900 bits per heavy atom. The van der Waals surface area contributed by atoms with Crippen LogP contribution in [0.15, 0.2) is 48.5 Å². The van der Waals surface area contributed by atoms with Crippen molar-refractivity contribution in [1.82, 2.24) is 5.32 Å². The van der Waals surface area contributed by atoms with Gasteiger partial charge >= 0.3 is 0 Å². The second kappa shape index (κ2) is 7.71. The van der Waals surface area contributed by atoms with E-state index >= 15 is 0 Å². The third-order valence-electron chi connectivity index (χ3n) is 3.36. The summed E-state index contributed by atoms with van der Waals surface area (Å²) in [5, 5.41) is 3.34. The SMILES string of the molecule is CCNCc1ccccc1OCc1ccc(CC)cc1. The summed E-state index contributed by atoms with van der Waals surface area (Å²) in [6.45, 7) is 6.71. The summed E-state index contributed by atoms with van der Waals surface area (Å²) in [6.07, 6.45) is 1.08. The van der Waals surface area contributed by atoms with E-state index in [4.69, 9.17) is 4.74 Å². The van der Waals surface area contributed by atoms with Crippen molar-refractivity contribution in [2.45, 2.75) is 33.4 Å². The summed E-state index contributed by atoms with van der Waals surface area (Å²) in [4.78, 5) is 0. The topological polar surface area (TPSA) is 21.3 Å². The molecule has 20 heavy (non-hydrogen) atoms. The first kappa shape index (κ1) is 14.6. The second-order valence-corrected chi connectivity index (χ2v) is 4.85. The maximum Gasteiger partial charge on any atom is 0.124 e. The molecule has 0 aliphatic rings. The molecule has 0 saturated carbocycles. The van der Waals surface area contributed by atoms with Gasteiger partial charge in [0.15, 0.2) is 0 Å². The predicted octanol–water partition coefficient (Wildman–Crippen LogP) is 3.94. The normalized spacial score (nSPS) is 10.5. The van der Waals surface area contributed by atoms with Crippen LogP contribution in [0, 0.1) is 0 Å². The summed E-state index contributed by atoms with van der Waals surface area (Å²) in [7, 11) is 0. The molecule has 2 aromatic rings. The average molecular weight is 269 g/mol. The highest BCUT2D eigenvalue weighted by atomic mass is 16.5. The molecule has 0 spiro atoms. The van der Waals surface area contributed by atoms with E-state index in [1.165, 1.54) is 16.7 Å². The fourth-order valence-corrected chi connectivity index (χ4v) is 2.08. The lowest BCUT2D eigenvalue weighted by atomic mass is 10.1. The smallest absolute Gasteiger partial charge is 0.124 e. The molecule has 0 saturated heterocycles. The molecule has 0 unspecified atom stereocenters. The van der Waals surface area contributed by atoms with Gasteiger partial charge in [-0.2, -0.15) is 0 Å². The number of nitrogens with one attached hydrogen (secondary N) is 1. The monoisotopic (exact) mass is 269 g/mol. The first-order valence-corrected chi connectivity index (χ1v) is 7.32. The molecular formula is C18H23NO. The van der Waals surface area contributed by atoms with Gasteiger partial charge in [-0.25, -0.2) is 0 Å². The molecule has 0 radical (unpaired) electrons. The minimum atomic E-state index is 0.618. The third-order valence-corrected chi connectivity index (χ3v) is 3.36. The number of rotatable bonds is 7. The van der Waals surface area contributed by atoms with Crippen LogP contribution < -0.4 is 10.1 Å². The van der Waals surface area contributed by atoms with E-state index in [0.29, 0.717) is 6.61 Å². The summed E-state index contributed by atoms with van der Waals surface area (Å²) in [5.74, 6) is 0.966. The zero-order valence-corrected chi connectivity index (χ0v) is 12.4. The van der Waals surface area contributed by atoms with Gasteiger partial charge in [0.05, 0.1) is 0 Å². The number of benzene rings is 2. The van der Waals surface area contributed by atoms with Crippen molar-refractivity contribution < 1.29 is 4.74 Å². The molecule has 1 N–H and O–H groups in total. The number of hydrogen-bond donors (Lipinski definition) is 1. The number of aryl methyl sites for hydroxylation is 1. The molecule has 0 aromatic heterocycles. The molecule has 0 amide bonds. The minimum absolute atomic E-state index is 0.618. The second-order valence-electron chi connectivity index (χ2n) is 4.85. The van der Waals surface area contributed by atoms with Crippen molar-refractivity contribution in [1.29, 1.82) is 0 Å². The van der Waals surface area contributed by atoms with E-state index in [-0.39, 0.29) is 0 Å². The van der Waals surface area contributed by atoms with E-state index < -0.39 is 0 Å². The maximum atomic E-state index is 5.95. The van der Waals surface area contributed by atoms with Crippen LogP contribution in [0.25, 0.3) is 0 Å². The average Bonchev–Trinajstić information content (AvgIpc) is 2.52. The van der Waals surface area contributed by atoms with Crippen molar-refractivity contribution in [3.63, 3.8) is 0 Å². The number of para-hydroxylation sites is 1. The van der Waals surface area contributed by atoms with Crippen molar-refractivity contribution in [2.75, 3.05) is 6.54 Å². The van der Waals surface area contributed by atoms with Crippen LogP contribution in [-0.4, -0.2) is 6.54 Å². The molecule has 0 atom stereocenters. The zero-order valence-electron chi connectivity index (χ0n) is 12.4. The Bertz CT molecular complexity index is 519. The quantitative estimate of drug-likeness (QED) is 0.822. The van der Waals surface area contributed by atoms with E-state index in [9.17, 15) is 0 Å².